The van der Waals surface area contributed by atoms with Gasteiger partial charge in [0.05, 0.1) is 10.7 Å². The van der Waals surface area contributed by atoms with Crippen molar-refractivity contribution in [2.24, 2.45) is 5.92 Å². The SMILES string of the molecule is CC(C)CC(NCC(C(=O)O)c1csc(Cc2cc(Cl)cc(Cl)c2)n1)C(=O)O. The monoisotopic (exact) mass is 444 g/mol. The molecule has 0 saturated carbocycles. The summed E-state index contributed by atoms with van der Waals surface area (Å²) in [6.07, 6.45) is 0.898. The minimum atomic E-state index is -1.05. The van der Waals surface area contributed by atoms with Crippen LogP contribution in [-0.2, 0) is 16.0 Å². The Morgan fingerprint density at radius 1 is 1.14 bits per heavy atom. The molecule has 6 nitrogen and oxygen atoms in total. The summed E-state index contributed by atoms with van der Waals surface area (Å²) < 4.78 is 0. The number of carboxylic acids is 2. The van der Waals surface area contributed by atoms with Gasteiger partial charge in [0.25, 0.3) is 0 Å². The Hall–Kier alpha value is -1.67. The van der Waals surface area contributed by atoms with E-state index in [2.05, 4.69) is 10.3 Å². The highest BCUT2D eigenvalue weighted by atomic mass is 35.5. The number of hydrogen-bond donors (Lipinski definition) is 3. The molecule has 0 aliphatic rings. The number of aromatic nitrogens is 1. The molecule has 28 heavy (non-hydrogen) atoms. The lowest BCUT2D eigenvalue weighted by Gasteiger charge is -2.18. The number of rotatable bonds is 10. The van der Waals surface area contributed by atoms with Crippen LogP contribution in [0.4, 0.5) is 0 Å². The number of halogens is 2. The summed E-state index contributed by atoms with van der Waals surface area (Å²) in [6.45, 7) is 3.83. The second-order valence-electron chi connectivity index (χ2n) is 6.94. The Kier molecular flexibility index (Phi) is 8.24. The smallest absolute Gasteiger partial charge is 0.320 e. The molecule has 0 saturated heterocycles. The average Bonchev–Trinajstić information content (AvgIpc) is 3.00. The zero-order chi connectivity index (χ0) is 20.8. The van der Waals surface area contributed by atoms with Gasteiger partial charge in [0.2, 0.25) is 0 Å². The van der Waals surface area contributed by atoms with Crippen LogP contribution in [0.5, 0.6) is 0 Å². The maximum atomic E-state index is 11.7. The molecule has 2 atom stereocenters. The number of carboxylic acid groups (broad SMARTS) is 2. The number of hydrogen-bond acceptors (Lipinski definition) is 5. The summed E-state index contributed by atoms with van der Waals surface area (Å²) in [5, 5.41) is 25.2. The molecule has 152 valence electrons. The third kappa shape index (κ3) is 6.74. The largest absolute Gasteiger partial charge is 0.481 e. The summed E-state index contributed by atoms with van der Waals surface area (Å²) in [7, 11) is 0. The third-order valence-corrected chi connectivity index (χ3v) is 5.38. The molecule has 0 fully saturated rings. The molecule has 0 aliphatic heterocycles. The zero-order valence-corrected chi connectivity index (χ0v) is 17.8. The van der Waals surface area contributed by atoms with Crippen molar-refractivity contribution in [3.63, 3.8) is 0 Å². The molecular weight excluding hydrogens is 423 g/mol. The van der Waals surface area contributed by atoms with Crippen LogP contribution in [0.3, 0.4) is 0 Å². The van der Waals surface area contributed by atoms with Gasteiger partial charge in [-0.2, -0.15) is 0 Å². The van der Waals surface area contributed by atoms with Crippen LogP contribution >= 0.6 is 34.5 Å². The molecule has 1 aromatic heterocycles. The van der Waals surface area contributed by atoms with E-state index in [0.29, 0.717) is 28.6 Å². The highest BCUT2D eigenvalue weighted by Crippen LogP contribution is 2.24. The minimum Gasteiger partial charge on any atom is -0.481 e. The molecular formula is C19H22Cl2N2O4S. The first-order chi connectivity index (χ1) is 13.2. The summed E-state index contributed by atoms with van der Waals surface area (Å²) in [5.41, 5.74) is 1.29. The maximum Gasteiger partial charge on any atom is 0.320 e. The van der Waals surface area contributed by atoms with E-state index in [0.717, 1.165) is 10.6 Å². The average molecular weight is 445 g/mol. The van der Waals surface area contributed by atoms with Gasteiger partial charge in [-0.1, -0.05) is 37.0 Å². The fraction of sp³-hybridized carbons (Fsp3) is 0.421. The van der Waals surface area contributed by atoms with E-state index < -0.39 is 23.9 Å². The quantitative estimate of drug-likeness (QED) is 0.505. The number of aliphatic carboxylic acids is 2. The van der Waals surface area contributed by atoms with Crippen molar-refractivity contribution in [3.8, 4) is 0 Å². The lowest BCUT2D eigenvalue weighted by atomic mass is 10.0. The predicted molar refractivity (Wildman–Crippen MR) is 111 cm³/mol. The van der Waals surface area contributed by atoms with Gasteiger partial charge in [-0.15, -0.1) is 11.3 Å². The number of nitrogens with zero attached hydrogens (tertiary/aromatic N) is 1. The number of thiazole rings is 1. The first-order valence-corrected chi connectivity index (χ1v) is 10.4. The topological polar surface area (TPSA) is 99.5 Å². The first-order valence-electron chi connectivity index (χ1n) is 8.74. The van der Waals surface area contributed by atoms with E-state index in [-0.39, 0.29) is 12.5 Å². The number of benzene rings is 1. The van der Waals surface area contributed by atoms with Gasteiger partial charge in [-0.25, -0.2) is 4.98 Å². The summed E-state index contributed by atoms with van der Waals surface area (Å²) in [4.78, 5) is 27.5. The number of nitrogens with one attached hydrogen (secondary N) is 1. The van der Waals surface area contributed by atoms with E-state index in [4.69, 9.17) is 23.2 Å². The Morgan fingerprint density at radius 2 is 1.79 bits per heavy atom. The minimum absolute atomic E-state index is 0.00874. The zero-order valence-electron chi connectivity index (χ0n) is 15.5. The standard InChI is InChI=1S/C19H22Cl2N2O4S/c1-10(2)3-15(19(26)27)22-8-14(18(24)25)16-9-28-17(23-16)6-11-4-12(20)7-13(21)5-11/h4-5,7,9-10,14-15,22H,3,6,8H2,1-2H3,(H,24,25)(H,26,27). The van der Waals surface area contributed by atoms with Crippen LogP contribution in [0.15, 0.2) is 23.6 Å². The first kappa shape index (κ1) is 22.6. The van der Waals surface area contributed by atoms with Crippen LogP contribution < -0.4 is 5.32 Å². The highest BCUT2D eigenvalue weighted by Gasteiger charge is 2.26. The van der Waals surface area contributed by atoms with Crippen LogP contribution in [0.1, 0.15) is 42.5 Å². The predicted octanol–water partition coefficient (Wildman–Crippen LogP) is 4.30. The van der Waals surface area contributed by atoms with Crippen molar-refractivity contribution in [3.05, 3.63) is 49.9 Å². The molecule has 3 N–H and O–H groups in total. The fourth-order valence-electron chi connectivity index (χ4n) is 2.78. The van der Waals surface area contributed by atoms with E-state index in [1.807, 2.05) is 13.8 Å². The molecule has 0 bridgehead atoms. The Morgan fingerprint density at radius 3 is 2.32 bits per heavy atom. The molecule has 2 unspecified atom stereocenters. The lowest BCUT2D eigenvalue weighted by Crippen LogP contribution is -2.41. The van der Waals surface area contributed by atoms with Crippen molar-refractivity contribution >= 4 is 46.5 Å². The summed E-state index contributed by atoms with van der Waals surface area (Å²) in [6, 6.07) is 4.41. The maximum absolute atomic E-state index is 11.7. The normalized spacial score (nSPS) is 13.5. The van der Waals surface area contributed by atoms with E-state index in [9.17, 15) is 19.8 Å². The van der Waals surface area contributed by atoms with Gasteiger partial charge in [0, 0.05) is 28.4 Å². The van der Waals surface area contributed by atoms with Gasteiger partial charge in [-0.3, -0.25) is 9.59 Å². The van der Waals surface area contributed by atoms with E-state index in [1.165, 1.54) is 11.3 Å². The summed E-state index contributed by atoms with van der Waals surface area (Å²) in [5.74, 6) is -2.80. The third-order valence-electron chi connectivity index (χ3n) is 4.08. The van der Waals surface area contributed by atoms with Crippen LogP contribution in [0.25, 0.3) is 0 Å². The molecule has 9 heteroatoms. The Bertz CT molecular complexity index is 821. The second kappa shape index (κ2) is 10.2. The second-order valence-corrected chi connectivity index (χ2v) is 8.76. The Labute approximate surface area is 177 Å². The molecule has 2 rings (SSSR count). The molecule has 0 radical (unpaired) electrons. The van der Waals surface area contributed by atoms with E-state index >= 15 is 0 Å². The van der Waals surface area contributed by atoms with Gasteiger partial charge >= 0.3 is 11.9 Å². The molecule has 0 spiro atoms. The van der Waals surface area contributed by atoms with Gasteiger partial charge in [-0.05, 0) is 36.1 Å². The highest BCUT2D eigenvalue weighted by molar-refractivity contribution is 7.09. The molecule has 2 aromatic rings. The van der Waals surface area contributed by atoms with E-state index in [1.54, 1.807) is 23.6 Å². The number of carbonyl (C=O) groups is 2. The van der Waals surface area contributed by atoms with Crippen LogP contribution in [0, 0.1) is 5.92 Å². The molecule has 1 aromatic carbocycles. The fourth-order valence-corrected chi connectivity index (χ4v) is 4.23. The van der Waals surface area contributed by atoms with Crippen molar-refractivity contribution in [2.45, 2.75) is 38.6 Å². The van der Waals surface area contributed by atoms with Gasteiger partial charge < -0.3 is 15.5 Å². The van der Waals surface area contributed by atoms with Crippen molar-refractivity contribution in [1.82, 2.24) is 10.3 Å². The molecule has 0 amide bonds. The van der Waals surface area contributed by atoms with Crippen LogP contribution in [0.2, 0.25) is 10.0 Å². The Balaban J connectivity index is 2.10. The molecule has 0 aliphatic carbocycles. The van der Waals surface area contributed by atoms with Crippen molar-refractivity contribution < 1.29 is 19.8 Å². The van der Waals surface area contributed by atoms with Crippen molar-refractivity contribution in [2.75, 3.05) is 6.54 Å². The van der Waals surface area contributed by atoms with Crippen LogP contribution in [-0.4, -0.2) is 39.7 Å². The van der Waals surface area contributed by atoms with Crippen molar-refractivity contribution in [1.29, 1.82) is 0 Å². The lowest BCUT2D eigenvalue weighted by molar-refractivity contribution is -0.142. The molecule has 1 heterocycles. The van der Waals surface area contributed by atoms with Gasteiger partial charge in [0.15, 0.2) is 0 Å². The van der Waals surface area contributed by atoms with Gasteiger partial charge in [0.1, 0.15) is 12.0 Å². The summed E-state index contributed by atoms with van der Waals surface area (Å²) >= 11 is 13.4.